The molecule has 17 heavy (non-hydrogen) atoms. The average molecular weight is 242 g/mol. The second kappa shape index (κ2) is 5.98. The van der Waals surface area contributed by atoms with Gasteiger partial charge in [0.25, 0.3) is 0 Å². The lowest BCUT2D eigenvalue weighted by Crippen LogP contribution is -2.25. The molecule has 0 amide bonds. The molecule has 0 saturated carbocycles. The zero-order valence-electron chi connectivity index (χ0n) is 10.5. The van der Waals surface area contributed by atoms with Crippen LogP contribution in [0, 0.1) is 5.82 Å². The van der Waals surface area contributed by atoms with Crippen molar-refractivity contribution in [2.45, 2.75) is 32.5 Å². The zero-order valence-corrected chi connectivity index (χ0v) is 10.5. The van der Waals surface area contributed by atoms with Crippen LogP contribution in [0.2, 0.25) is 0 Å². The number of aliphatic hydroxyl groups is 1. The molecule has 0 saturated heterocycles. The summed E-state index contributed by atoms with van der Waals surface area (Å²) < 4.78 is 24.0. The Morgan fingerprint density at radius 2 is 2.06 bits per heavy atom. The molecular formula is C13H19FO3. The van der Waals surface area contributed by atoms with Crippen molar-refractivity contribution in [3.8, 4) is 5.75 Å². The first kappa shape index (κ1) is 13.9. The Kier molecular flexibility index (Phi) is 4.90. The van der Waals surface area contributed by atoms with Crippen LogP contribution in [0.25, 0.3) is 0 Å². The van der Waals surface area contributed by atoms with Gasteiger partial charge in [-0.25, -0.2) is 4.39 Å². The van der Waals surface area contributed by atoms with Gasteiger partial charge in [-0.3, -0.25) is 0 Å². The molecule has 1 rings (SSSR count). The van der Waals surface area contributed by atoms with E-state index in [9.17, 15) is 4.39 Å². The Hall–Kier alpha value is -1.13. The van der Waals surface area contributed by atoms with Crippen LogP contribution in [0.5, 0.6) is 5.75 Å². The van der Waals surface area contributed by atoms with Crippen LogP contribution in [-0.4, -0.2) is 24.4 Å². The van der Waals surface area contributed by atoms with E-state index in [0.29, 0.717) is 18.6 Å². The third kappa shape index (κ3) is 4.32. The molecule has 0 bridgehead atoms. The molecule has 0 fully saturated rings. The van der Waals surface area contributed by atoms with Gasteiger partial charge in [-0.05, 0) is 31.5 Å². The minimum absolute atomic E-state index is 0.173. The Labute approximate surface area is 101 Å². The van der Waals surface area contributed by atoms with Gasteiger partial charge in [0.15, 0.2) is 11.6 Å². The predicted molar refractivity (Wildman–Crippen MR) is 63.5 cm³/mol. The second-order valence-electron chi connectivity index (χ2n) is 4.49. The number of hydrogen-bond acceptors (Lipinski definition) is 3. The maximum atomic E-state index is 13.5. The second-order valence-corrected chi connectivity index (χ2v) is 4.49. The molecule has 3 nitrogen and oxygen atoms in total. The SMILES string of the molecule is COC(C)(C)CCOc1ccc(CO)cc1F. The molecule has 0 spiro atoms. The van der Waals surface area contributed by atoms with Crippen LogP contribution >= 0.6 is 0 Å². The number of rotatable bonds is 6. The van der Waals surface area contributed by atoms with E-state index >= 15 is 0 Å². The van der Waals surface area contributed by atoms with E-state index in [1.165, 1.54) is 12.1 Å². The smallest absolute Gasteiger partial charge is 0.165 e. The third-order valence-electron chi connectivity index (χ3n) is 2.69. The highest BCUT2D eigenvalue weighted by atomic mass is 19.1. The van der Waals surface area contributed by atoms with E-state index < -0.39 is 5.82 Å². The summed E-state index contributed by atoms with van der Waals surface area (Å²) in [6.07, 6.45) is 0.671. The Bertz CT molecular complexity index is 364. The van der Waals surface area contributed by atoms with Gasteiger partial charge in [0, 0.05) is 13.5 Å². The van der Waals surface area contributed by atoms with Crippen molar-refractivity contribution in [3.63, 3.8) is 0 Å². The fourth-order valence-electron chi connectivity index (χ4n) is 1.27. The Balaban J connectivity index is 2.52. The molecule has 1 aromatic carbocycles. The van der Waals surface area contributed by atoms with E-state index in [2.05, 4.69) is 0 Å². The van der Waals surface area contributed by atoms with Gasteiger partial charge in [0.2, 0.25) is 0 Å². The minimum Gasteiger partial charge on any atom is -0.490 e. The summed E-state index contributed by atoms with van der Waals surface area (Å²) in [7, 11) is 1.64. The van der Waals surface area contributed by atoms with Crippen molar-refractivity contribution < 1.29 is 19.0 Å². The summed E-state index contributed by atoms with van der Waals surface area (Å²) in [5.41, 5.74) is 0.258. The van der Waals surface area contributed by atoms with E-state index in [1.807, 2.05) is 13.8 Å². The lowest BCUT2D eigenvalue weighted by atomic mass is 10.1. The van der Waals surface area contributed by atoms with E-state index in [0.717, 1.165) is 0 Å². The maximum absolute atomic E-state index is 13.5. The van der Waals surface area contributed by atoms with Crippen molar-refractivity contribution in [2.24, 2.45) is 0 Å². The normalized spacial score (nSPS) is 11.6. The first-order valence-electron chi connectivity index (χ1n) is 5.56. The number of halogens is 1. The molecule has 0 aromatic heterocycles. The summed E-state index contributed by atoms with van der Waals surface area (Å²) in [4.78, 5) is 0. The van der Waals surface area contributed by atoms with Crippen LogP contribution < -0.4 is 4.74 Å². The van der Waals surface area contributed by atoms with Crippen LogP contribution in [0.15, 0.2) is 18.2 Å². The Morgan fingerprint density at radius 3 is 2.59 bits per heavy atom. The van der Waals surface area contributed by atoms with Crippen molar-refractivity contribution in [1.29, 1.82) is 0 Å². The van der Waals surface area contributed by atoms with Crippen molar-refractivity contribution in [2.75, 3.05) is 13.7 Å². The van der Waals surface area contributed by atoms with Crippen LogP contribution in [0.1, 0.15) is 25.8 Å². The molecule has 0 atom stereocenters. The van der Waals surface area contributed by atoms with Gasteiger partial charge in [0.1, 0.15) is 0 Å². The molecule has 1 N–H and O–H groups in total. The molecule has 0 heterocycles. The minimum atomic E-state index is -0.452. The number of hydrogen-bond donors (Lipinski definition) is 1. The molecule has 4 heteroatoms. The number of methoxy groups -OCH3 is 1. The van der Waals surface area contributed by atoms with E-state index in [1.54, 1.807) is 13.2 Å². The maximum Gasteiger partial charge on any atom is 0.165 e. The molecule has 0 aliphatic heterocycles. The predicted octanol–water partition coefficient (Wildman–Crippen LogP) is 2.51. The van der Waals surface area contributed by atoms with Crippen LogP contribution in [0.4, 0.5) is 4.39 Å². The van der Waals surface area contributed by atoms with Gasteiger partial charge < -0.3 is 14.6 Å². The topological polar surface area (TPSA) is 38.7 Å². The first-order chi connectivity index (χ1) is 7.98. The summed E-state index contributed by atoms with van der Waals surface area (Å²) in [6.45, 7) is 4.10. The van der Waals surface area contributed by atoms with E-state index in [-0.39, 0.29) is 18.0 Å². The number of benzene rings is 1. The highest BCUT2D eigenvalue weighted by Gasteiger charge is 2.16. The molecular weight excluding hydrogens is 223 g/mol. The fraction of sp³-hybridized carbons (Fsp3) is 0.538. The van der Waals surface area contributed by atoms with Gasteiger partial charge in [-0.1, -0.05) is 6.07 Å². The number of aliphatic hydroxyl groups excluding tert-OH is 1. The lowest BCUT2D eigenvalue weighted by molar-refractivity contribution is 0.00513. The van der Waals surface area contributed by atoms with Crippen molar-refractivity contribution in [3.05, 3.63) is 29.6 Å². The molecule has 0 unspecified atom stereocenters. The molecule has 0 aliphatic carbocycles. The highest BCUT2D eigenvalue weighted by molar-refractivity contribution is 5.28. The van der Waals surface area contributed by atoms with Crippen molar-refractivity contribution >= 4 is 0 Å². The monoisotopic (exact) mass is 242 g/mol. The molecule has 0 aliphatic rings. The zero-order chi connectivity index (χ0) is 12.9. The summed E-state index contributed by atoms with van der Waals surface area (Å²) in [6, 6.07) is 4.44. The number of ether oxygens (including phenoxy) is 2. The Morgan fingerprint density at radius 1 is 1.35 bits per heavy atom. The van der Waals surface area contributed by atoms with Crippen molar-refractivity contribution in [1.82, 2.24) is 0 Å². The highest BCUT2D eigenvalue weighted by Crippen LogP contribution is 2.20. The summed E-state index contributed by atoms with van der Waals surface area (Å²) in [5, 5.41) is 8.84. The van der Waals surface area contributed by atoms with Crippen LogP contribution in [0.3, 0.4) is 0 Å². The average Bonchev–Trinajstić information content (AvgIpc) is 2.31. The molecule has 0 radical (unpaired) electrons. The van der Waals surface area contributed by atoms with Gasteiger partial charge in [-0.15, -0.1) is 0 Å². The summed E-state index contributed by atoms with van der Waals surface area (Å²) in [5.74, 6) is -0.249. The van der Waals surface area contributed by atoms with Gasteiger partial charge in [0.05, 0.1) is 18.8 Å². The molecule has 1 aromatic rings. The van der Waals surface area contributed by atoms with Gasteiger partial charge >= 0.3 is 0 Å². The van der Waals surface area contributed by atoms with E-state index in [4.69, 9.17) is 14.6 Å². The fourth-order valence-corrected chi connectivity index (χ4v) is 1.27. The summed E-state index contributed by atoms with van der Waals surface area (Å²) >= 11 is 0. The standard InChI is InChI=1S/C13H19FO3/c1-13(2,16-3)6-7-17-12-5-4-10(9-15)8-11(12)14/h4-5,8,15H,6-7,9H2,1-3H3. The molecule has 96 valence electrons. The third-order valence-corrected chi connectivity index (χ3v) is 2.69. The largest absolute Gasteiger partial charge is 0.490 e. The lowest BCUT2D eigenvalue weighted by Gasteiger charge is -2.22. The van der Waals surface area contributed by atoms with Crippen LogP contribution in [-0.2, 0) is 11.3 Å². The quantitative estimate of drug-likeness (QED) is 0.833. The first-order valence-corrected chi connectivity index (χ1v) is 5.56. The van der Waals surface area contributed by atoms with Gasteiger partial charge in [-0.2, -0.15) is 0 Å².